The second kappa shape index (κ2) is 11.5. The Kier molecular flexibility index (Phi) is 11.1. The van der Waals surface area contributed by atoms with E-state index in [2.05, 4.69) is 6.92 Å². The Hall–Kier alpha value is -0.530. The molecule has 0 unspecified atom stereocenters. The van der Waals surface area contributed by atoms with Gasteiger partial charge in [0.1, 0.15) is 0 Å². The first-order valence-electron chi connectivity index (χ1n) is 6.43. The van der Waals surface area contributed by atoms with Crippen LogP contribution in [0, 0.1) is 5.92 Å². The number of hydrogen-bond acceptors (Lipinski definition) is 1. The molecule has 1 aliphatic rings. The normalized spacial score (nSPS) is 14.2. The Morgan fingerprint density at radius 2 is 1.53 bits per heavy atom. The van der Waals surface area contributed by atoms with Gasteiger partial charge in [-0.1, -0.05) is 71.1 Å². The van der Waals surface area contributed by atoms with Crippen molar-refractivity contribution in [3.8, 4) is 0 Å². The molecule has 0 amide bonds. The van der Waals surface area contributed by atoms with Gasteiger partial charge in [0.2, 0.25) is 0 Å². The number of rotatable bonds is 8. The molecule has 1 saturated carbocycles. The summed E-state index contributed by atoms with van der Waals surface area (Å²) in [7, 11) is 0. The SMILES string of the molecule is CCCCCCCCCC1CC1.O=CO. The molecule has 0 saturated heterocycles. The van der Waals surface area contributed by atoms with Gasteiger partial charge in [0.05, 0.1) is 0 Å². The quantitative estimate of drug-likeness (QED) is 0.485. The van der Waals surface area contributed by atoms with Gasteiger partial charge in [-0.25, -0.2) is 0 Å². The van der Waals surface area contributed by atoms with E-state index in [4.69, 9.17) is 9.90 Å². The molecule has 1 rings (SSSR count). The van der Waals surface area contributed by atoms with Crippen LogP contribution in [-0.4, -0.2) is 11.6 Å². The maximum Gasteiger partial charge on any atom is 0.290 e. The Morgan fingerprint density at radius 3 is 2.00 bits per heavy atom. The number of carboxylic acid groups (broad SMARTS) is 1. The Bertz CT molecular complexity index is 130. The van der Waals surface area contributed by atoms with Gasteiger partial charge in [0.15, 0.2) is 0 Å². The highest BCUT2D eigenvalue weighted by atomic mass is 16.3. The van der Waals surface area contributed by atoms with Crippen LogP contribution in [0.15, 0.2) is 0 Å². The smallest absolute Gasteiger partial charge is 0.290 e. The zero-order valence-corrected chi connectivity index (χ0v) is 10.1. The van der Waals surface area contributed by atoms with Gasteiger partial charge in [-0.2, -0.15) is 0 Å². The zero-order valence-electron chi connectivity index (χ0n) is 10.1. The first kappa shape index (κ1) is 14.5. The highest BCUT2D eigenvalue weighted by molar-refractivity contribution is 5.32. The Balaban J connectivity index is 0.000000583. The summed E-state index contributed by atoms with van der Waals surface area (Å²) in [6.45, 7) is 2.03. The largest absolute Gasteiger partial charge is 0.483 e. The topological polar surface area (TPSA) is 37.3 Å². The van der Waals surface area contributed by atoms with Crippen LogP contribution in [0.2, 0.25) is 0 Å². The molecule has 0 radical (unpaired) electrons. The average Bonchev–Trinajstić information content (AvgIpc) is 3.02. The molecular weight excluding hydrogens is 188 g/mol. The van der Waals surface area contributed by atoms with Crippen molar-refractivity contribution in [3.63, 3.8) is 0 Å². The second-order valence-corrected chi connectivity index (χ2v) is 4.46. The Morgan fingerprint density at radius 1 is 1.07 bits per heavy atom. The lowest BCUT2D eigenvalue weighted by Crippen LogP contribution is -1.81. The van der Waals surface area contributed by atoms with E-state index < -0.39 is 0 Å². The van der Waals surface area contributed by atoms with Gasteiger partial charge in [0.25, 0.3) is 6.47 Å². The third-order valence-electron chi connectivity index (χ3n) is 2.91. The van der Waals surface area contributed by atoms with E-state index in [9.17, 15) is 0 Å². The van der Waals surface area contributed by atoms with Gasteiger partial charge in [-0.3, -0.25) is 4.79 Å². The molecule has 0 spiro atoms. The molecular formula is C13H26O2. The van der Waals surface area contributed by atoms with Crippen molar-refractivity contribution in [1.82, 2.24) is 0 Å². The van der Waals surface area contributed by atoms with Crippen LogP contribution in [0.5, 0.6) is 0 Å². The molecule has 2 nitrogen and oxygen atoms in total. The molecule has 0 aliphatic heterocycles. The Labute approximate surface area is 94.1 Å². The van der Waals surface area contributed by atoms with Gasteiger partial charge < -0.3 is 5.11 Å². The van der Waals surface area contributed by atoms with Crippen LogP contribution >= 0.6 is 0 Å². The van der Waals surface area contributed by atoms with E-state index in [1.54, 1.807) is 0 Å². The second-order valence-electron chi connectivity index (χ2n) is 4.46. The monoisotopic (exact) mass is 214 g/mol. The molecule has 0 bridgehead atoms. The molecule has 15 heavy (non-hydrogen) atoms. The van der Waals surface area contributed by atoms with Crippen molar-refractivity contribution >= 4 is 6.47 Å². The fraction of sp³-hybridized carbons (Fsp3) is 0.923. The van der Waals surface area contributed by atoms with Crippen molar-refractivity contribution in [3.05, 3.63) is 0 Å². The van der Waals surface area contributed by atoms with Crippen LogP contribution in [0.3, 0.4) is 0 Å². The summed E-state index contributed by atoms with van der Waals surface area (Å²) >= 11 is 0. The lowest BCUT2D eigenvalue weighted by atomic mass is 10.1. The van der Waals surface area contributed by atoms with Gasteiger partial charge in [0, 0.05) is 0 Å². The maximum absolute atomic E-state index is 8.36. The van der Waals surface area contributed by atoms with E-state index in [1.807, 2.05) is 0 Å². The van der Waals surface area contributed by atoms with Crippen LogP contribution in [0.1, 0.15) is 71.1 Å². The minimum Gasteiger partial charge on any atom is -0.483 e. The first-order valence-corrected chi connectivity index (χ1v) is 6.43. The summed E-state index contributed by atoms with van der Waals surface area (Å²) in [5, 5.41) is 6.89. The third-order valence-corrected chi connectivity index (χ3v) is 2.91. The van der Waals surface area contributed by atoms with Crippen molar-refractivity contribution < 1.29 is 9.90 Å². The molecule has 0 aromatic heterocycles. The zero-order chi connectivity index (χ0) is 11.4. The predicted molar refractivity (Wildman–Crippen MR) is 64.0 cm³/mol. The van der Waals surface area contributed by atoms with Crippen LogP contribution < -0.4 is 0 Å². The molecule has 1 fully saturated rings. The lowest BCUT2D eigenvalue weighted by molar-refractivity contribution is -0.122. The molecule has 0 heterocycles. The fourth-order valence-electron chi connectivity index (χ4n) is 1.80. The molecule has 0 atom stereocenters. The summed E-state index contributed by atoms with van der Waals surface area (Å²) < 4.78 is 0. The van der Waals surface area contributed by atoms with Gasteiger partial charge in [-0.05, 0) is 5.92 Å². The molecule has 0 aromatic carbocycles. The summed E-state index contributed by atoms with van der Waals surface area (Å²) in [5.41, 5.74) is 0. The standard InChI is InChI=1S/C12H24.CH2O2/c1-2-3-4-5-6-7-8-9-12-10-11-12;2-1-3/h12H,2-11H2,1H3;1H,(H,2,3). The predicted octanol–water partition coefficient (Wildman–Crippen LogP) is 4.24. The minimum absolute atomic E-state index is 0.250. The van der Waals surface area contributed by atoms with E-state index in [0.717, 1.165) is 5.92 Å². The highest BCUT2D eigenvalue weighted by Crippen LogP contribution is 2.34. The molecule has 1 N–H and O–H groups in total. The van der Waals surface area contributed by atoms with Crippen LogP contribution in [0.4, 0.5) is 0 Å². The summed E-state index contributed by atoms with van der Waals surface area (Å²) in [6.07, 6.45) is 14.9. The number of hydrogen-bond donors (Lipinski definition) is 1. The third kappa shape index (κ3) is 13.5. The van der Waals surface area contributed by atoms with Crippen LogP contribution in [-0.2, 0) is 4.79 Å². The molecule has 0 aromatic rings. The highest BCUT2D eigenvalue weighted by Gasteiger charge is 2.19. The summed E-state index contributed by atoms with van der Waals surface area (Å²) in [4.78, 5) is 8.36. The van der Waals surface area contributed by atoms with Crippen LogP contribution in [0.25, 0.3) is 0 Å². The molecule has 2 heteroatoms. The number of unbranched alkanes of at least 4 members (excludes halogenated alkanes) is 6. The van der Waals surface area contributed by atoms with Crippen molar-refractivity contribution in [2.45, 2.75) is 71.1 Å². The minimum atomic E-state index is -0.250. The average molecular weight is 214 g/mol. The number of carbonyl (C=O) groups is 1. The summed E-state index contributed by atoms with van der Waals surface area (Å²) in [5.74, 6) is 1.15. The van der Waals surface area contributed by atoms with Gasteiger partial charge >= 0.3 is 0 Å². The maximum atomic E-state index is 8.36. The van der Waals surface area contributed by atoms with Crippen molar-refractivity contribution in [2.75, 3.05) is 0 Å². The molecule has 1 aliphatic carbocycles. The van der Waals surface area contributed by atoms with E-state index in [0.29, 0.717) is 0 Å². The fourth-order valence-corrected chi connectivity index (χ4v) is 1.80. The van der Waals surface area contributed by atoms with E-state index >= 15 is 0 Å². The lowest BCUT2D eigenvalue weighted by Gasteiger charge is -1.99. The van der Waals surface area contributed by atoms with Crippen molar-refractivity contribution in [1.29, 1.82) is 0 Å². The van der Waals surface area contributed by atoms with E-state index in [1.165, 1.54) is 64.2 Å². The first-order chi connectivity index (χ1) is 7.35. The van der Waals surface area contributed by atoms with Gasteiger partial charge in [-0.15, -0.1) is 0 Å². The van der Waals surface area contributed by atoms with Crippen molar-refractivity contribution in [2.24, 2.45) is 5.92 Å². The molecule has 90 valence electrons. The summed E-state index contributed by atoms with van der Waals surface area (Å²) in [6, 6.07) is 0. The van der Waals surface area contributed by atoms with E-state index in [-0.39, 0.29) is 6.47 Å².